The summed E-state index contributed by atoms with van der Waals surface area (Å²) in [6.45, 7) is 1.73. The number of ketones is 1. The fraction of sp³-hybridized carbons (Fsp3) is 0.333. The molecule has 0 aliphatic carbocycles. The minimum absolute atomic E-state index is 0.0678. The highest BCUT2D eigenvalue weighted by Gasteiger charge is 2.18. The largest absolute Gasteiger partial charge is 0.465 e. The molecule has 0 saturated heterocycles. The molecule has 144 valence electrons. The normalized spacial score (nSPS) is 10.7. The van der Waals surface area contributed by atoms with E-state index in [0.717, 1.165) is 0 Å². The maximum Gasteiger partial charge on any atom is 0.326 e. The Hall–Kier alpha value is -1.64. The monoisotopic (exact) mass is 472 g/mol. The molecule has 2 aromatic rings. The van der Waals surface area contributed by atoms with Gasteiger partial charge in [0.25, 0.3) is 5.56 Å². The number of carbonyl (C=O) groups excluding carboxylic acids is 2. The molecular formula is C18H18BrClN2O4S. The number of carbonyl (C=O) groups is 2. The lowest BCUT2D eigenvalue weighted by molar-refractivity contribution is -0.144. The van der Waals surface area contributed by atoms with Gasteiger partial charge >= 0.3 is 5.97 Å². The van der Waals surface area contributed by atoms with E-state index in [0.29, 0.717) is 27.9 Å². The molecule has 0 fully saturated rings. The van der Waals surface area contributed by atoms with E-state index in [1.54, 1.807) is 37.4 Å². The van der Waals surface area contributed by atoms with Crippen molar-refractivity contribution in [1.82, 2.24) is 9.55 Å². The number of aromatic nitrogens is 2. The molecule has 0 amide bonds. The van der Waals surface area contributed by atoms with Crippen molar-refractivity contribution in [2.75, 3.05) is 12.9 Å². The van der Waals surface area contributed by atoms with Gasteiger partial charge in [0.2, 0.25) is 0 Å². The summed E-state index contributed by atoms with van der Waals surface area (Å²) < 4.78 is 6.41. The van der Waals surface area contributed by atoms with Crippen LogP contribution in [0, 0.1) is 0 Å². The SMILES string of the molecule is CCOC(=O)Cn1c(SC)nc(CCC(=O)c2ccc(Cl)cc2)c(Br)c1=O. The molecule has 0 bridgehead atoms. The molecule has 0 unspecified atom stereocenters. The quantitative estimate of drug-likeness (QED) is 0.251. The number of ether oxygens (including phenoxy) is 1. The van der Waals surface area contributed by atoms with Gasteiger partial charge in [0, 0.05) is 17.0 Å². The van der Waals surface area contributed by atoms with E-state index in [1.165, 1.54) is 16.3 Å². The number of nitrogens with zero attached hydrogens (tertiary/aromatic N) is 2. The van der Waals surface area contributed by atoms with Crippen molar-refractivity contribution < 1.29 is 14.3 Å². The number of Topliss-reactive ketones (excluding diaryl/α,β-unsaturated/α-hetero) is 1. The minimum Gasteiger partial charge on any atom is -0.465 e. The summed E-state index contributed by atoms with van der Waals surface area (Å²) in [6, 6.07) is 6.65. The van der Waals surface area contributed by atoms with Gasteiger partial charge in [0.15, 0.2) is 10.9 Å². The highest BCUT2D eigenvalue weighted by atomic mass is 79.9. The van der Waals surface area contributed by atoms with Crippen LogP contribution in [0.3, 0.4) is 0 Å². The summed E-state index contributed by atoms with van der Waals surface area (Å²) in [4.78, 5) is 41.1. The van der Waals surface area contributed by atoms with Crippen molar-refractivity contribution in [2.24, 2.45) is 0 Å². The molecule has 0 radical (unpaired) electrons. The summed E-state index contributed by atoms with van der Waals surface area (Å²) in [5.74, 6) is -0.573. The van der Waals surface area contributed by atoms with E-state index < -0.39 is 5.97 Å². The molecule has 27 heavy (non-hydrogen) atoms. The second-order valence-corrected chi connectivity index (χ2v) is 7.49. The van der Waals surface area contributed by atoms with Crippen LogP contribution < -0.4 is 5.56 Å². The van der Waals surface area contributed by atoms with Crippen LogP contribution in [0.15, 0.2) is 38.7 Å². The smallest absolute Gasteiger partial charge is 0.326 e. The lowest BCUT2D eigenvalue weighted by Crippen LogP contribution is -2.29. The molecule has 0 atom stereocenters. The predicted molar refractivity (Wildman–Crippen MR) is 109 cm³/mol. The van der Waals surface area contributed by atoms with Gasteiger partial charge in [0.05, 0.1) is 12.3 Å². The Morgan fingerprint density at radius 2 is 1.96 bits per heavy atom. The standard InChI is InChI=1S/C18H18BrClN2O4S/c1-3-26-15(24)10-22-17(25)16(19)13(21-18(22)27-2)8-9-14(23)11-4-6-12(20)7-5-11/h4-7H,3,8-10H2,1-2H3. The van der Waals surface area contributed by atoms with Gasteiger partial charge in [-0.2, -0.15) is 0 Å². The van der Waals surface area contributed by atoms with Gasteiger partial charge in [-0.1, -0.05) is 23.4 Å². The van der Waals surface area contributed by atoms with Crippen LogP contribution >= 0.6 is 39.3 Å². The van der Waals surface area contributed by atoms with Gasteiger partial charge < -0.3 is 4.74 Å². The van der Waals surface area contributed by atoms with Crippen molar-refractivity contribution >= 4 is 51.0 Å². The summed E-state index contributed by atoms with van der Waals surface area (Å²) >= 11 is 10.3. The number of aryl methyl sites for hydroxylation is 1. The third-order valence-electron chi connectivity index (χ3n) is 3.68. The van der Waals surface area contributed by atoms with Crippen molar-refractivity contribution in [3.63, 3.8) is 0 Å². The van der Waals surface area contributed by atoms with E-state index in [4.69, 9.17) is 16.3 Å². The molecule has 0 saturated carbocycles. The molecule has 0 aliphatic rings. The van der Waals surface area contributed by atoms with E-state index >= 15 is 0 Å². The molecule has 0 spiro atoms. The molecule has 1 aromatic heterocycles. The van der Waals surface area contributed by atoms with Crippen LogP contribution in [0.1, 0.15) is 29.4 Å². The van der Waals surface area contributed by atoms with Crippen LogP contribution in [-0.4, -0.2) is 34.2 Å². The number of thioether (sulfide) groups is 1. The Kier molecular flexibility index (Phi) is 8.07. The van der Waals surface area contributed by atoms with Gasteiger partial charge in [-0.05, 0) is 59.8 Å². The Bertz CT molecular complexity index is 899. The minimum atomic E-state index is -0.505. The number of benzene rings is 1. The Balaban J connectivity index is 2.21. The van der Waals surface area contributed by atoms with E-state index in [9.17, 15) is 14.4 Å². The number of halogens is 2. The summed E-state index contributed by atoms with van der Waals surface area (Å²) in [5.41, 5.74) is 0.652. The van der Waals surface area contributed by atoms with Crippen LogP contribution in [0.2, 0.25) is 5.02 Å². The van der Waals surface area contributed by atoms with Crippen molar-refractivity contribution in [3.05, 3.63) is 55.4 Å². The zero-order valence-corrected chi connectivity index (χ0v) is 18.0. The molecule has 0 N–H and O–H groups in total. The van der Waals surface area contributed by atoms with Crippen molar-refractivity contribution in [3.8, 4) is 0 Å². The summed E-state index contributed by atoms with van der Waals surface area (Å²) in [7, 11) is 0. The zero-order valence-electron chi connectivity index (χ0n) is 14.8. The van der Waals surface area contributed by atoms with Crippen LogP contribution in [0.4, 0.5) is 0 Å². The summed E-state index contributed by atoms with van der Waals surface area (Å²) in [5, 5.41) is 0.955. The molecule has 9 heteroatoms. The third-order valence-corrected chi connectivity index (χ3v) is 5.40. The van der Waals surface area contributed by atoms with Crippen molar-refractivity contribution in [2.45, 2.75) is 31.5 Å². The fourth-order valence-corrected chi connectivity index (χ4v) is 3.56. The summed E-state index contributed by atoms with van der Waals surface area (Å²) in [6.07, 6.45) is 2.26. The second-order valence-electron chi connectivity index (χ2n) is 5.49. The van der Waals surface area contributed by atoms with Gasteiger partial charge in [-0.25, -0.2) is 4.98 Å². The highest BCUT2D eigenvalue weighted by molar-refractivity contribution is 9.10. The Labute approximate surface area is 174 Å². The first-order valence-corrected chi connectivity index (χ1v) is 10.5. The predicted octanol–water partition coefficient (Wildman–Crippen LogP) is 3.76. The topological polar surface area (TPSA) is 78.3 Å². The first-order valence-electron chi connectivity index (χ1n) is 8.15. The highest BCUT2D eigenvalue weighted by Crippen LogP contribution is 2.19. The van der Waals surface area contributed by atoms with E-state index in [2.05, 4.69) is 20.9 Å². The first kappa shape index (κ1) is 21.7. The number of hydrogen-bond donors (Lipinski definition) is 0. The van der Waals surface area contributed by atoms with Crippen molar-refractivity contribution in [1.29, 1.82) is 0 Å². The molecular weight excluding hydrogens is 456 g/mol. The van der Waals surface area contributed by atoms with E-state index in [-0.39, 0.29) is 35.4 Å². The number of esters is 1. The zero-order chi connectivity index (χ0) is 20.0. The van der Waals surface area contributed by atoms with Gasteiger partial charge in [-0.3, -0.25) is 19.0 Å². The Morgan fingerprint density at radius 1 is 1.30 bits per heavy atom. The first-order chi connectivity index (χ1) is 12.9. The number of hydrogen-bond acceptors (Lipinski definition) is 6. The van der Waals surface area contributed by atoms with Gasteiger partial charge in [0.1, 0.15) is 11.0 Å². The van der Waals surface area contributed by atoms with E-state index in [1.807, 2.05) is 0 Å². The fourth-order valence-electron chi connectivity index (χ4n) is 2.36. The maximum atomic E-state index is 12.6. The molecule has 2 rings (SSSR count). The average Bonchev–Trinajstić information content (AvgIpc) is 2.65. The van der Waals surface area contributed by atoms with Crippen LogP contribution in [0.5, 0.6) is 0 Å². The number of rotatable bonds is 8. The van der Waals surface area contributed by atoms with Crippen LogP contribution in [-0.2, 0) is 22.5 Å². The molecule has 6 nitrogen and oxygen atoms in total. The second kappa shape index (κ2) is 10.1. The third kappa shape index (κ3) is 5.67. The lowest BCUT2D eigenvalue weighted by Gasteiger charge is -2.13. The maximum absolute atomic E-state index is 12.6. The van der Waals surface area contributed by atoms with Gasteiger partial charge in [-0.15, -0.1) is 0 Å². The van der Waals surface area contributed by atoms with Crippen LogP contribution in [0.25, 0.3) is 0 Å². The molecule has 0 aliphatic heterocycles. The molecule has 1 heterocycles. The Morgan fingerprint density at radius 3 is 2.56 bits per heavy atom. The average molecular weight is 474 g/mol. The lowest BCUT2D eigenvalue weighted by atomic mass is 10.1. The molecule has 1 aromatic carbocycles.